The Morgan fingerprint density at radius 1 is 1.15 bits per heavy atom. The third-order valence-electron chi connectivity index (χ3n) is 4.96. The van der Waals surface area contributed by atoms with E-state index in [2.05, 4.69) is 15.3 Å². The highest BCUT2D eigenvalue weighted by Crippen LogP contribution is 2.30. The van der Waals surface area contributed by atoms with Crippen molar-refractivity contribution < 1.29 is 9.59 Å². The molecule has 0 fully saturated rings. The summed E-state index contributed by atoms with van der Waals surface area (Å²) in [5.41, 5.74) is 4.32. The Morgan fingerprint density at radius 2 is 1.96 bits per heavy atom. The molecule has 0 atom stereocenters. The van der Waals surface area contributed by atoms with Crippen molar-refractivity contribution in [2.75, 3.05) is 18.5 Å². The minimum absolute atomic E-state index is 0.0257. The zero-order valence-corrected chi connectivity index (χ0v) is 15.0. The van der Waals surface area contributed by atoms with Crippen LogP contribution in [0.3, 0.4) is 0 Å². The third kappa shape index (κ3) is 3.12. The number of imidazole rings is 1. The SMILES string of the molecule is CNC(=O)c1cccc2c1CCCN2C(=O)Cc1ccc2[nH]c(=O)[nH]c2c1. The minimum Gasteiger partial charge on any atom is -0.355 e. The molecule has 0 saturated carbocycles. The van der Waals surface area contributed by atoms with E-state index in [1.807, 2.05) is 24.3 Å². The van der Waals surface area contributed by atoms with Crippen LogP contribution in [0.2, 0.25) is 0 Å². The van der Waals surface area contributed by atoms with Crippen molar-refractivity contribution in [3.05, 3.63) is 63.6 Å². The summed E-state index contributed by atoms with van der Waals surface area (Å²) in [5.74, 6) is -0.162. The van der Waals surface area contributed by atoms with E-state index in [1.165, 1.54) is 0 Å². The van der Waals surface area contributed by atoms with Gasteiger partial charge in [-0.1, -0.05) is 12.1 Å². The van der Waals surface area contributed by atoms with Crippen molar-refractivity contribution >= 4 is 28.5 Å². The number of aromatic nitrogens is 2. The molecule has 2 heterocycles. The van der Waals surface area contributed by atoms with Crippen LogP contribution in [-0.2, 0) is 17.6 Å². The summed E-state index contributed by atoms with van der Waals surface area (Å²) in [5, 5.41) is 2.66. The molecule has 0 spiro atoms. The van der Waals surface area contributed by atoms with E-state index < -0.39 is 0 Å². The number of H-pyrrole nitrogens is 2. The maximum absolute atomic E-state index is 13.0. The Hall–Kier alpha value is -3.35. The van der Waals surface area contributed by atoms with Crippen LogP contribution < -0.4 is 15.9 Å². The first kappa shape index (κ1) is 17.1. The molecule has 138 valence electrons. The van der Waals surface area contributed by atoms with E-state index in [4.69, 9.17) is 0 Å². The van der Waals surface area contributed by atoms with Gasteiger partial charge in [-0.15, -0.1) is 0 Å². The molecule has 0 bridgehead atoms. The topological polar surface area (TPSA) is 98.1 Å². The number of amides is 2. The van der Waals surface area contributed by atoms with Gasteiger partial charge in [0.1, 0.15) is 0 Å². The van der Waals surface area contributed by atoms with Gasteiger partial charge >= 0.3 is 5.69 Å². The second-order valence-electron chi connectivity index (χ2n) is 6.67. The first-order chi connectivity index (χ1) is 13.1. The lowest BCUT2D eigenvalue weighted by Gasteiger charge is -2.30. The Labute approximate surface area is 155 Å². The number of aromatic amines is 2. The molecular formula is C20H20N4O3. The summed E-state index contributed by atoms with van der Waals surface area (Å²) < 4.78 is 0. The summed E-state index contributed by atoms with van der Waals surface area (Å²) in [6.45, 7) is 0.631. The number of fused-ring (bicyclic) bond motifs is 2. The molecule has 7 heteroatoms. The first-order valence-electron chi connectivity index (χ1n) is 8.92. The highest BCUT2D eigenvalue weighted by Gasteiger charge is 2.25. The second kappa shape index (κ2) is 6.75. The van der Waals surface area contributed by atoms with Gasteiger partial charge in [-0.2, -0.15) is 0 Å². The molecule has 0 saturated heterocycles. The van der Waals surface area contributed by atoms with Gasteiger partial charge in [0.25, 0.3) is 5.91 Å². The maximum Gasteiger partial charge on any atom is 0.323 e. The molecular weight excluding hydrogens is 344 g/mol. The fraction of sp³-hybridized carbons (Fsp3) is 0.250. The number of nitrogens with zero attached hydrogens (tertiary/aromatic N) is 1. The van der Waals surface area contributed by atoms with E-state index in [0.717, 1.165) is 35.2 Å². The lowest BCUT2D eigenvalue weighted by molar-refractivity contribution is -0.118. The molecule has 1 aromatic heterocycles. The number of carbonyl (C=O) groups is 2. The molecule has 7 nitrogen and oxygen atoms in total. The average Bonchev–Trinajstić information content (AvgIpc) is 3.05. The van der Waals surface area contributed by atoms with Gasteiger partial charge in [0.15, 0.2) is 0 Å². The molecule has 1 aliphatic heterocycles. The van der Waals surface area contributed by atoms with Gasteiger partial charge in [0.05, 0.1) is 17.5 Å². The first-order valence-corrected chi connectivity index (χ1v) is 8.92. The monoisotopic (exact) mass is 364 g/mol. The van der Waals surface area contributed by atoms with Gasteiger partial charge in [-0.05, 0) is 48.2 Å². The zero-order valence-electron chi connectivity index (χ0n) is 15.0. The standard InChI is InChI=1S/C20H20N4O3/c1-21-19(26)14-4-2-6-17-13(14)5-3-9-24(17)18(25)11-12-7-8-15-16(10-12)23-20(27)22-15/h2,4,6-8,10H,3,5,9,11H2,1H3,(H,21,26)(H2,22,23,27). The highest BCUT2D eigenvalue weighted by atomic mass is 16.2. The van der Waals surface area contributed by atoms with Crippen LogP contribution in [0.25, 0.3) is 11.0 Å². The number of rotatable bonds is 3. The lowest BCUT2D eigenvalue weighted by atomic mass is 9.95. The number of benzene rings is 2. The molecule has 1 aliphatic rings. The quantitative estimate of drug-likeness (QED) is 0.660. The number of hydrogen-bond donors (Lipinski definition) is 3. The van der Waals surface area contributed by atoms with Crippen LogP contribution in [0.1, 0.15) is 27.9 Å². The molecule has 0 radical (unpaired) electrons. The van der Waals surface area contributed by atoms with Gasteiger partial charge in [-0.3, -0.25) is 9.59 Å². The van der Waals surface area contributed by atoms with Crippen molar-refractivity contribution in [1.82, 2.24) is 15.3 Å². The van der Waals surface area contributed by atoms with Crippen LogP contribution in [0.15, 0.2) is 41.2 Å². The van der Waals surface area contributed by atoms with Crippen LogP contribution in [0, 0.1) is 0 Å². The second-order valence-corrected chi connectivity index (χ2v) is 6.67. The molecule has 4 rings (SSSR count). The predicted molar refractivity (Wildman–Crippen MR) is 103 cm³/mol. The molecule has 0 unspecified atom stereocenters. The summed E-state index contributed by atoms with van der Waals surface area (Å²) in [6, 6.07) is 11.0. The van der Waals surface area contributed by atoms with Crippen LogP contribution in [0.4, 0.5) is 5.69 Å². The molecule has 2 amide bonds. The Bertz CT molecular complexity index is 1100. The van der Waals surface area contributed by atoms with Gasteiger partial charge in [0.2, 0.25) is 5.91 Å². The lowest BCUT2D eigenvalue weighted by Crippen LogP contribution is -2.37. The van der Waals surface area contributed by atoms with Crippen molar-refractivity contribution in [2.45, 2.75) is 19.3 Å². The predicted octanol–water partition coefficient (Wildman–Crippen LogP) is 1.74. The van der Waals surface area contributed by atoms with Crippen LogP contribution in [0.5, 0.6) is 0 Å². The fourth-order valence-corrected chi connectivity index (χ4v) is 3.69. The Balaban J connectivity index is 1.63. The number of carbonyl (C=O) groups excluding carboxylic acids is 2. The maximum atomic E-state index is 13.0. The minimum atomic E-state index is -0.264. The van der Waals surface area contributed by atoms with E-state index in [9.17, 15) is 14.4 Å². The van der Waals surface area contributed by atoms with E-state index in [0.29, 0.717) is 17.6 Å². The summed E-state index contributed by atoms with van der Waals surface area (Å²) in [7, 11) is 1.61. The molecule has 3 aromatic rings. The molecule has 27 heavy (non-hydrogen) atoms. The summed E-state index contributed by atoms with van der Waals surface area (Å²) in [4.78, 5) is 43.7. The average molecular weight is 364 g/mol. The smallest absolute Gasteiger partial charge is 0.323 e. The van der Waals surface area contributed by atoms with Gasteiger partial charge in [-0.25, -0.2) is 4.79 Å². The molecule has 0 aliphatic carbocycles. The normalized spacial score (nSPS) is 13.4. The van der Waals surface area contributed by atoms with Gasteiger partial charge < -0.3 is 20.2 Å². The largest absolute Gasteiger partial charge is 0.355 e. The fourth-order valence-electron chi connectivity index (χ4n) is 3.69. The van der Waals surface area contributed by atoms with Crippen molar-refractivity contribution in [2.24, 2.45) is 0 Å². The van der Waals surface area contributed by atoms with E-state index in [1.54, 1.807) is 24.1 Å². The van der Waals surface area contributed by atoms with Crippen LogP contribution in [-0.4, -0.2) is 35.4 Å². The number of nitrogens with one attached hydrogen (secondary N) is 3. The number of anilines is 1. The third-order valence-corrected chi connectivity index (χ3v) is 4.96. The summed E-state index contributed by atoms with van der Waals surface area (Å²) in [6.07, 6.45) is 1.82. The van der Waals surface area contributed by atoms with E-state index >= 15 is 0 Å². The van der Waals surface area contributed by atoms with Crippen LogP contribution >= 0.6 is 0 Å². The summed E-state index contributed by atoms with van der Waals surface area (Å²) >= 11 is 0. The Kier molecular flexibility index (Phi) is 4.27. The van der Waals surface area contributed by atoms with Gasteiger partial charge in [0, 0.05) is 24.8 Å². The number of hydrogen-bond acceptors (Lipinski definition) is 3. The molecule has 2 aromatic carbocycles. The Morgan fingerprint density at radius 3 is 2.78 bits per heavy atom. The van der Waals surface area contributed by atoms with Crippen molar-refractivity contribution in [1.29, 1.82) is 0 Å². The highest BCUT2D eigenvalue weighted by molar-refractivity contribution is 6.01. The zero-order chi connectivity index (χ0) is 19.0. The van der Waals surface area contributed by atoms with E-state index in [-0.39, 0.29) is 23.9 Å². The van der Waals surface area contributed by atoms with Crippen molar-refractivity contribution in [3.63, 3.8) is 0 Å². The van der Waals surface area contributed by atoms with Crippen molar-refractivity contribution in [3.8, 4) is 0 Å². The molecule has 3 N–H and O–H groups in total.